The van der Waals surface area contributed by atoms with Crippen LogP contribution in [0.2, 0.25) is 0 Å². The van der Waals surface area contributed by atoms with E-state index in [-0.39, 0.29) is 18.1 Å². The van der Waals surface area contributed by atoms with Crippen LogP contribution in [0.4, 0.5) is 5.69 Å². The predicted octanol–water partition coefficient (Wildman–Crippen LogP) is -0.190. The van der Waals surface area contributed by atoms with E-state index in [1.807, 2.05) is 0 Å². The molecule has 0 spiro atoms. The molecule has 0 saturated heterocycles. The Kier molecular flexibility index (Phi) is 3.28. The normalized spacial score (nSPS) is 13.8. The van der Waals surface area contributed by atoms with Gasteiger partial charge in [0.2, 0.25) is 5.91 Å². The summed E-state index contributed by atoms with van der Waals surface area (Å²) in [7, 11) is 0. The minimum atomic E-state index is -0.310. The third-order valence-corrected chi connectivity index (χ3v) is 3.19. The van der Waals surface area contributed by atoms with E-state index >= 15 is 0 Å². The van der Waals surface area contributed by atoms with Crippen molar-refractivity contribution in [3.8, 4) is 0 Å². The lowest BCUT2D eigenvalue weighted by atomic mass is 10.2. The minimum absolute atomic E-state index is 0.0961. The molecule has 2 aromatic heterocycles. The first-order chi connectivity index (χ1) is 9.74. The summed E-state index contributed by atoms with van der Waals surface area (Å²) in [6, 6.07) is 1.63. The summed E-state index contributed by atoms with van der Waals surface area (Å²) in [5.41, 5.74) is 0.324. The van der Waals surface area contributed by atoms with Gasteiger partial charge in [0.1, 0.15) is 12.4 Å². The number of aromatic nitrogens is 5. The minimum Gasteiger partial charge on any atom is -0.323 e. The van der Waals surface area contributed by atoms with Crippen LogP contribution >= 0.6 is 0 Å². The Labute approximate surface area is 114 Å². The molecule has 8 nitrogen and oxygen atoms in total. The lowest BCUT2D eigenvalue weighted by Gasteiger charge is -2.09. The molecule has 0 fully saturated rings. The molecule has 3 heterocycles. The SMILES string of the molecule is O=C(Cn1nc2n(c1=O)CCCC2)Nc1ccnnc1. The topological polar surface area (TPSA) is 94.7 Å². The van der Waals surface area contributed by atoms with Crippen LogP contribution in [0.3, 0.4) is 0 Å². The first-order valence-corrected chi connectivity index (χ1v) is 6.47. The number of rotatable bonds is 3. The first kappa shape index (κ1) is 12.5. The van der Waals surface area contributed by atoms with Crippen molar-refractivity contribution in [2.24, 2.45) is 0 Å². The molecule has 0 atom stereocenters. The molecule has 0 aliphatic carbocycles. The molecule has 3 rings (SSSR count). The molecule has 8 heteroatoms. The highest BCUT2D eigenvalue weighted by Crippen LogP contribution is 2.09. The van der Waals surface area contributed by atoms with Crippen LogP contribution in [0.1, 0.15) is 18.7 Å². The average molecular weight is 274 g/mol. The summed E-state index contributed by atoms with van der Waals surface area (Å²) in [6.07, 6.45) is 5.73. The van der Waals surface area contributed by atoms with Gasteiger partial charge in [-0.3, -0.25) is 9.36 Å². The largest absolute Gasteiger partial charge is 0.346 e. The third kappa shape index (κ3) is 2.44. The fourth-order valence-corrected chi connectivity index (χ4v) is 2.25. The van der Waals surface area contributed by atoms with Gasteiger partial charge in [-0.15, -0.1) is 0 Å². The maximum Gasteiger partial charge on any atom is 0.346 e. The van der Waals surface area contributed by atoms with Crippen molar-refractivity contribution in [3.63, 3.8) is 0 Å². The first-order valence-electron chi connectivity index (χ1n) is 6.47. The van der Waals surface area contributed by atoms with E-state index in [0.29, 0.717) is 12.2 Å². The zero-order chi connectivity index (χ0) is 13.9. The van der Waals surface area contributed by atoms with Gasteiger partial charge in [0.05, 0.1) is 18.1 Å². The summed E-state index contributed by atoms with van der Waals surface area (Å²) >= 11 is 0. The second-order valence-electron chi connectivity index (χ2n) is 4.64. The van der Waals surface area contributed by atoms with Crippen molar-refractivity contribution in [2.75, 3.05) is 5.32 Å². The predicted molar refractivity (Wildman–Crippen MR) is 70.1 cm³/mol. The number of hydrogen-bond donors (Lipinski definition) is 1. The Morgan fingerprint density at radius 3 is 3.00 bits per heavy atom. The Balaban J connectivity index is 1.73. The van der Waals surface area contributed by atoms with Crippen LogP contribution in [0.5, 0.6) is 0 Å². The standard InChI is InChI=1S/C12H14N6O2/c19-11(15-9-4-5-13-14-7-9)8-18-12(20)17-6-2-1-3-10(17)16-18/h4-5,7H,1-3,6,8H2,(H,13,15,19). The third-order valence-electron chi connectivity index (χ3n) is 3.19. The fourth-order valence-electron chi connectivity index (χ4n) is 2.25. The second-order valence-corrected chi connectivity index (χ2v) is 4.64. The summed E-state index contributed by atoms with van der Waals surface area (Å²) in [6.45, 7) is 0.589. The van der Waals surface area contributed by atoms with Crippen LogP contribution in [0, 0.1) is 0 Å². The maximum atomic E-state index is 12.1. The van der Waals surface area contributed by atoms with Gasteiger partial charge in [-0.05, 0) is 18.9 Å². The molecular formula is C12H14N6O2. The van der Waals surface area contributed by atoms with Crippen LogP contribution in [-0.2, 0) is 24.3 Å². The molecule has 1 amide bonds. The Morgan fingerprint density at radius 1 is 1.35 bits per heavy atom. The zero-order valence-electron chi connectivity index (χ0n) is 10.8. The van der Waals surface area contributed by atoms with Gasteiger partial charge in [0.25, 0.3) is 0 Å². The Morgan fingerprint density at radius 2 is 2.25 bits per heavy atom. The molecule has 1 aliphatic heterocycles. The van der Waals surface area contributed by atoms with Gasteiger partial charge in [-0.25, -0.2) is 9.48 Å². The number of nitrogens with one attached hydrogen (secondary N) is 1. The number of hydrogen-bond acceptors (Lipinski definition) is 5. The van der Waals surface area contributed by atoms with Crippen LogP contribution < -0.4 is 11.0 Å². The van der Waals surface area contributed by atoms with Gasteiger partial charge in [0.15, 0.2) is 0 Å². The summed E-state index contributed by atoms with van der Waals surface area (Å²) in [4.78, 5) is 23.9. The molecule has 20 heavy (non-hydrogen) atoms. The van der Waals surface area contributed by atoms with E-state index < -0.39 is 0 Å². The van der Waals surface area contributed by atoms with Crippen molar-refractivity contribution < 1.29 is 4.79 Å². The van der Waals surface area contributed by atoms with E-state index in [1.54, 1.807) is 10.6 Å². The Hall–Kier alpha value is -2.51. The number of amides is 1. The summed E-state index contributed by atoms with van der Waals surface area (Å²) in [5, 5.41) is 14.1. The van der Waals surface area contributed by atoms with Crippen molar-refractivity contribution in [2.45, 2.75) is 32.4 Å². The van der Waals surface area contributed by atoms with Crippen LogP contribution in [0.25, 0.3) is 0 Å². The van der Waals surface area contributed by atoms with Gasteiger partial charge >= 0.3 is 5.69 Å². The van der Waals surface area contributed by atoms with Gasteiger partial charge in [-0.2, -0.15) is 15.3 Å². The quantitative estimate of drug-likeness (QED) is 0.837. The smallest absolute Gasteiger partial charge is 0.323 e. The monoisotopic (exact) mass is 274 g/mol. The lowest BCUT2D eigenvalue weighted by molar-refractivity contribution is -0.117. The molecule has 0 radical (unpaired) electrons. The van der Waals surface area contributed by atoms with E-state index in [4.69, 9.17) is 0 Å². The van der Waals surface area contributed by atoms with Crippen LogP contribution in [0.15, 0.2) is 23.3 Å². The maximum absolute atomic E-state index is 12.1. The molecule has 2 aromatic rings. The van der Waals surface area contributed by atoms with Crippen molar-refractivity contribution >= 4 is 11.6 Å². The number of carbonyl (C=O) groups excluding carboxylic acids is 1. The highest BCUT2D eigenvalue weighted by atomic mass is 16.2. The van der Waals surface area contributed by atoms with Crippen molar-refractivity contribution in [3.05, 3.63) is 34.8 Å². The fraction of sp³-hybridized carbons (Fsp3) is 0.417. The zero-order valence-corrected chi connectivity index (χ0v) is 10.8. The summed E-state index contributed by atoms with van der Waals surface area (Å²) in [5.74, 6) is 0.454. The number of aryl methyl sites for hydroxylation is 1. The van der Waals surface area contributed by atoms with E-state index in [0.717, 1.165) is 25.1 Å². The molecule has 1 aliphatic rings. The average Bonchev–Trinajstić information content (AvgIpc) is 2.77. The number of nitrogens with zero attached hydrogens (tertiary/aromatic N) is 5. The Bertz CT molecular complexity index is 675. The van der Waals surface area contributed by atoms with Gasteiger partial charge in [-0.1, -0.05) is 0 Å². The number of carbonyl (C=O) groups is 1. The van der Waals surface area contributed by atoms with Crippen molar-refractivity contribution in [1.82, 2.24) is 24.5 Å². The second kappa shape index (κ2) is 5.24. The number of anilines is 1. The molecule has 0 unspecified atom stereocenters. The van der Waals surface area contributed by atoms with Gasteiger partial charge < -0.3 is 5.32 Å². The molecule has 104 valence electrons. The van der Waals surface area contributed by atoms with Crippen molar-refractivity contribution in [1.29, 1.82) is 0 Å². The molecule has 0 saturated carbocycles. The summed E-state index contributed by atoms with van der Waals surface area (Å²) < 4.78 is 2.86. The number of fused-ring (bicyclic) bond motifs is 1. The molecule has 0 aromatic carbocycles. The molecule has 0 bridgehead atoms. The van der Waals surface area contributed by atoms with E-state index in [2.05, 4.69) is 20.6 Å². The molecule has 1 N–H and O–H groups in total. The highest BCUT2D eigenvalue weighted by Gasteiger charge is 2.18. The van der Waals surface area contributed by atoms with E-state index in [9.17, 15) is 9.59 Å². The lowest BCUT2D eigenvalue weighted by Crippen LogP contribution is -2.30. The van der Waals surface area contributed by atoms with E-state index in [1.165, 1.54) is 17.1 Å². The molecular weight excluding hydrogens is 260 g/mol. The van der Waals surface area contributed by atoms with Crippen LogP contribution in [-0.4, -0.2) is 30.5 Å². The van der Waals surface area contributed by atoms with Gasteiger partial charge in [0, 0.05) is 13.0 Å². The highest BCUT2D eigenvalue weighted by molar-refractivity contribution is 5.90.